The molecule has 1 saturated carbocycles. The molecule has 2 fully saturated rings. The normalized spacial score (nSPS) is 31.4. The average Bonchev–Trinajstić information content (AvgIpc) is 2.53. The van der Waals surface area contributed by atoms with E-state index in [1.165, 1.54) is 64.6 Å². The molecule has 0 bridgehead atoms. The van der Waals surface area contributed by atoms with E-state index >= 15 is 0 Å². The molecule has 1 aliphatic carbocycles. The van der Waals surface area contributed by atoms with Gasteiger partial charge >= 0.3 is 0 Å². The quantitative estimate of drug-likeness (QED) is 0.747. The fourth-order valence-electron chi connectivity index (χ4n) is 3.02. The Balaban J connectivity index is 1.71. The van der Waals surface area contributed by atoms with Gasteiger partial charge in [0.1, 0.15) is 0 Å². The van der Waals surface area contributed by atoms with Gasteiger partial charge in [0.25, 0.3) is 0 Å². The van der Waals surface area contributed by atoms with E-state index in [1.807, 2.05) is 0 Å². The number of hydrogen-bond acceptors (Lipinski definition) is 2. The minimum absolute atomic E-state index is 0.611. The molecule has 1 aliphatic heterocycles. The molecule has 0 amide bonds. The van der Waals surface area contributed by atoms with Crippen LogP contribution < -0.4 is 10.6 Å². The highest BCUT2D eigenvalue weighted by atomic mass is 15.0. The molecule has 1 heterocycles. The van der Waals surface area contributed by atoms with Crippen molar-refractivity contribution < 1.29 is 0 Å². The second-order valence-electron chi connectivity index (χ2n) is 5.78. The van der Waals surface area contributed by atoms with Crippen molar-refractivity contribution in [3.8, 4) is 0 Å². The van der Waals surface area contributed by atoms with E-state index in [2.05, 4.69) is 17.6 Å². The minimum Gasteiger partial charge on any atom is -0.317 e. The van der Waals surface area contributed by atoms with Crippen LogP contribution in [0.4, 0.5) is 0 Å². The van der Waals surface area contributed by atoms with Crippen LogP contribution >= 0.6 is 0 Å². The summed E-state index contributed by atoms with van der Waals surface area (Å²) in [5, 5.41) is 7.28. The summed E-state index contributed by atoms with van der Waals surface area (Å²) in [7, 11) is 0. The molecule has 2 heteroatoms. The van der Waals surface area contributed by atoms with Crippen molar-refractivity contribution in [3.05, 3.63) is 0 Å². The smallest absolute Gasteiger partial charge is 0.00798 e. The zero-order valence-electron chi connectivity index (χ0n) is 10.1. The van der Waals surface area contributed by atoms with Crippen LogP contribution in [0.5, 0.6) is 0 Å². The van der Waals surface area contributed by atoms with Crippen molar-refractivity contribution in [2.75, 3.05) is 19.6 Å². The molecule has 0 aromatic rings. The third kappa shape index (κ3) is 3.46. The molecule has 2 aliphatic rings. The maximum Gasteiger partial charge on any atom is 0.00798 e. The van der Waals surface area contributed by atoms with Crippen LogP contribution in [0.25, 0.3) is 0 Å². The Morgan fingerprint density at radius 1 is 1.13 bits per heavy atom. The zero-order chi connectivity index (χ0) is 10.6. The van der Waals surface area contributed by atoms with Gasteiger partial charge in [-0.3, -0.25) is 0 Å². The second kappa shape index (κ2) is 5.31. The Bertz CT molecular complexity index is 177. The Kier molecular flexibility index (Phi) is 4.04. The van der Waals surface area contributed by atoms with Crippen molar-refractivity contribution in [2.45, 2.75) is 57.9 Å². The van der Waals surface area contributed by atoms with E-state index in [1.54, 1.807) is 0 Å². The molecule has 2 N–H and O–H groups in total. The summed E-state index contributed by atoms with van der Waals surface area (Å²) in [6, 6.07) is 0.775. The van der Waals surface area contributed by atoms with Crippen molar-refractivity contribution in [1.29, 1.82) is 0 Å². The van der Waals surface area contributed by atoms with Gasteiger partial charge in [-0.25, -0.2) is 0 Å². The lowest BCUT2D eigenvalue weighted by atomic mass is 9.88. The fourth-order valence-corrected chi connectivity index (χ4v) is 3.02. The van der Waals surface area contributed by atoms with Gasteiger partial charge in [-0.2, -0.15) is 0 Å². The van der Waals surface area contributed by atoms with E-state index in [4.69, 9.17) is 0 Å². The van der Waals surface area contributed by atoms with Crippen LogP contribution in [0, 0.1) is 5.41 Å². The maximum absolute atomic E-state index is 3.80. The third-order valence-corrected chi connectivity index (χ3v) is 4.20. The van der Waals surface area contributed by atoms with Crippen LogP contribution in [0.3, 0.4) is 0 Å². The molecule has 0 aromatic carbocycles. The summed E-state index contributed by atoms with van der Waals surface area (Å²) in [4.78, 5) is 0. The summed E-state index contributed by atoms with van der Waals surface area (Å²) in [6.45, 7) is 6.13. The highest BCUT2D eigenvalue weighted by Crippen LogP contribution is 2.36. The first kappa shape index (κ1) is 11.4. The molecule has 1 saturated heterocycles. The standard InChI is InChI=1S/C13H26N2/c1-13(7-2-3-8-13)11-15-12-5-4-9-14-10-6-12/h12,14-15H,2-11H2,1H3. The maximum atomic E-state index is 3.80. The van der Waals surface area contributed by atoms with E-state index in [0.29, 0.717) is 5.41 Å². The minimum atomic E-state index is 0.611. The molecule has 0 spiro atoms. The monoisotopic (exact) mass is 210 g/mol. The lowest BCUT2D eigenvalue weighted by Crippen LogP contribution is -2.37. The first-order valence-electron chi connectivity index (χ1n) is 6.73. The van der Waals surface area contributed by atoms with Crippen molar-refractivity contribution in [2.24, 2.45) is 5.41 Å². The largest absolute Gasteiger partial charge is 0.317 e. The van der Waals surface area contributed by atoms with Gasteiger partial charge in [-0.15, -0.1) is 0 Å². The van der Waals surface area contributed by atoms with E-state index in [0.717, 1.165) is 6.04 Å². The average molecular weight is 210 g/mol. The molecule has 15 heavy (non-hydrogen) atoms. The van der Waals surface area contributed by atoms with Gasteiger partial charge in [0.05, 0.1) is 0 Å². The van der Waals surface area contributed by atoms with E-state index < -0.39 is 0 Å². The Hall–Kier alpha value is -0.0800. The molecule has 0 radical (unpaired) electrons. The van der Waals surface area contributed by atoms with Gasteiger partial charge in [0.15, 0.2) is 0 Å². The third-order valence-electron chi connectivity index (χ3n) is 4.20. The first-order chi connectivity index (χ1) is 7.29. The van der Waals surface area contributed by atoms with Crippen molar-refractivity contribution in [3.63, 3.8) is 0 Å². The summed E-state index contributed by atoms with van der Waals surface area (Å²) >= 11 is 0. The number of rotatable bonds is 3. The number of hydrogen-bond donors (Lipinski definition) is 2. The number of nitrogens with one attached hydrogen (secondary N) is 2. The fraction of sp³-hybridized carbons (Fsp3) is 1.00. The first-order valence-corrected chi connectivity index (χ1v) is 6.73. The van der Waals surface area contributed by atoms with Gasteiger partial charge in [0.2, 0.25) is 0 Å². The second-order valence-corrected chi connectivity index (χ2v) is 5.78. The van der Waals surface area contributed by atoms with Gasteiger partial charge < -0.3 is 10.6 Å². The molecule has 88 valence electrons. The van der Waals surface area contributed by atoms with E-state index in [9.17, 15) is 0 Å². The molecular formula is C13H26N2. The lowest BCUT2D eigenvalue weighted by molar-refractivity contribution is 0.290. The molecule has 1 unspecified atom stereocenters. The summed E-state index contributed by atoms with van der Waals surface area (Å²) in [5.41, 5.74) is 0.611. The Labute approximate surface area is 94.2 Å². The van der Waals surface area contributed by atoms with Gasteiger partial charge in [-0.1, -0.05) is 19.8 Å². The molecule has 0 aromatic heterocycles. The predicted molar refractivity (Wildman–Crippen MR) is 65.1 cm³/mol. The van der Waals surface area contributed by atoms with Gasteiger partial charge in [0, 0.05) is 12.6 Å². The van der Waals surface area contributed by atoms with Crippen molar-refractivity contribution >= 4 is 0 Å². The molecule has 2 nitrogen and oxygen atoms in total. The summed E-state index contributed by atoms with van der Waals surface area (Å²) < 4.78 is 0. The molecule has 2 rings (SSSR count). The SMILES string of the molecule is CC1(CNC2CCCNCC2)CCCC1. The molecular weight excluding hydrogens is 184 g/mol. The summed E-state index contributed by atoms with van der Waals surface area (Å²) in [5.74, 6) is 0. The van der Waals surface area contributed by atoms with Crippen LogP contribution in [0.15, 0.2) is 0 Å². The van der Waals surface area contributed by atoms with Crippen LogP contribution in [-0.4, -0.2) is 25.7 Å². The van der Waals surface area contributed by atoms with Crippen molar-refractivity contribution in [1.82, 2.24) is 10.6 Å². The Morgan fingerprint density at radius 2 is 1.93 bits per heavy atom. The zero-order valence-corrected chi connectivity index (χ0v) is 10.1. The lowest BCUT2D eigenvalue weighted by Gasteiger charge is -2.27. The topological polar surface area (TPSA) is 24.1 Å². The highest BCUT2D eigenvalue weighted by Gasteiger charge is 2.28. The van der Waals surface area contributed by atoms with Crippen LogP contribution in [0.1, 0.15) is 51.9 Å². The Morgan fingerprint density at radius 3 is 2.73 bits per heavy atom. The van der Waals surface area contributed by atoms with E-state index in [-0.39, 0.29) is 0 Å². The molecule has 1 atom stereocenters. The van der Waals surface area contributed by atoms with Crippen LogP contribution in [0.2, 0.25) is 0 Å². The van der Waals surface area contributed by atoms with Crippen LogP contribution in [-0.2, 0) is 0 Å². The predicted octanol–water partition coefficient (Wildman–Crippen LogP) is 2.30. The summed E-state index contributed by atoms with van der Waals surface area (Å²) in [6.07, 6.45) is 9.79. The highest BCUT2D eigenvalue weighted by molar-refractivity contribution is 4.84. The van der Waals surface area contributed by atoms with Gasteiger partial charge in [-0.05, 0) is 50.6 Å².